The lowest BCUT2D eigenvalue weighted by Crippen LogP contribution is -2.12. The average molecular weight is 359 g/mol. The van der Waals surface area contributed by atoms with Crippen LogP contribution in [0.3, 0.4) is 0 Å². The number of nitrogens with zero attached hydrogens (tertiary/aromatic N) is 2. The Bertz CT molecular complexity index is 823. The van der Waals surface area contributed by atoms with Gasteiger partial charge in [-0.3, -0.25) is 4.79 Å². The van der Waals surface area contributed by atoms with E-state index in [1.807, 2.05) is 16.8 Å². The van der Waals surface area contributed by atoms with Crippen molar-refractivity contribution in [2.75, 3.05) is 19.5 Å². The van der Waals surface area contributed by atoms with Crippen molar-refractivity contribution in [3.63, 3.8) is 0 Å². The van der Waals surface area contributed by atoms with Crippen LogP contribution in [-0.2, 0) is 11.2 Å². The molecule has 1 amide bonds. The van der Waals surface area contributed by atoms with Crippen LogP contribution in [0.4, 0.5) is 5.69 Å². The summed E-state index contributed by atoms with van der Waals surface area (Å²) in [5.41, 5.74) is 1.49. The van der Waals surface area contributed by atoms with Gasteiger partial charge < -0.3 is 19.2 Å². The molecule has 25 heavy (non-hydrogen) atoms. The number of carbonyl (C=O) groups is 1. The molecule has 130 valence electrons. The van der Waals surface area contributed by atoms with E-state index in [1.165, 1.54) is 0 Å². The Kier molecular flexibility index (Phi) is 5.30. The Morgan fingerprint density at radius 2 is 1.96 bits per heavy atom. The van der Waals surface area contributed by atoms with Gasteiger partial charge in [0, 0.05) is 47.7 Å². The number of methoxy groups -OCH3 is 2. The molecule has 0 aliphatic rings. The number of thiophene rings is 1. The minimum Gasteiger partial charge on any atom is -0.497 e. The number of amides is 1. The lowest BCUT2D eigenvalue weighted by Gasteiger charge is -2.09. The van der Waals surface area contributed by atoms with Crippen LogP contribution in [0.15, 0.2) is 39.4 Å². The summed E-state index contributed by atoms with van der Waals surface area (Å²) < 4.78 is 15.9. The fourth-order valence-electron chi connectivity index (χ4n) is 2.18. The highest BCUT2D eigenvalue weighted by Gasteiger charge is 2.12. The molecule has 1 aromatic carbocycles. The molecule has 0 aliphatic heterocycles. The van der Waals surface area contributed by atoms with Crippen molar-refractivity contribution in [2.45, 2.75) is 12.8 Å². The predicted molar refractivity (Wildman–Crippen MR) is 94.1 cm³/mol. The Morgan fingerprint density at radius 3 is 2.60 bits per heavy atom. The average Bonchev–Trinajstić information content (AvgIpc) is 3.30. The molecular weight excluding hydrogens is 342 g/mol. The number of carbonyl (C=O) groups excluding carboxylic acids is 1. The van der Waals surface area contributed by atoms with Crippen molar-refractivity contribution in [1.82, 2.24) is 10.2 Å². The first-order valence-corrected chi connectivity index (χ1v) is 8.50. The van der Waals surface area contributed by atoms with E-state index in [0.717, 1.165) is 5.56 Å². The van der Waals surface area contributed by atoms with Gasteiger partial charge in [-0.25, -0.2) is 0 Å². The van der Waals surface area contributed by atoms with Gasteiger partial charge in [0.15, 0.2) is 0 Å². The molecule has 3 rings (SSSR count). The van der Waals surface area contributed by atoms with Gasteiger partial charge >= 0.3 is 0 Å². The molecule has 8 heteroatoms. The second-order valence-electron chi connectivity index (χ2n) is 5.16. The fourth-order valence-corrected chi connectivity index (χ4v) is 2.81. The van der Waals surface area contributed by atoms with E-state index in [-0.39, 0.29) is 12.3 Å². The molecule has 1 N–H and O–H groups in total. The quantitative estimate of drug-likeness (QED) is 0.696. The fraction of sp³-hybridized carbons (Fsp3) is 0.235. The first-order chi connectivity index (χ1) is 12.2. The van der Waals surface area contributed by atoms with Crippen LogP contribution in [0.25, 0.3) is 11.5 Å². The number of aromatic nitrogens is 2. The molecule has 0 atom stereocenters. The van der Waals surface area contributed by atoms with E-state index in [4.69, 9.17) is 13.9 Å². The Balaban J connectivity index is 1.58. The molecule has 0 spiro atoms. The van der Waals surface area contributed by atoms with Crippen LogP contribution < -0.4 is 14.8 Å². The van der Waals surface area contributed by atoms with E-state index >= 15 is 0 Å². The summed E-state index contributed by atoms with van der Waals surface area (Å²) in [6.45, 7) is 0. The van der Waals surface area contributed by atoms with Gasteiger partial charge in [-0.1, -0.05) is 0 Å². The number of hydrogen-bond acceptors (Lipinski definition) is 7. The van der Waals surface area contributed by atoms with Gasteiger partial charge in [0.2, 0.25) is 17.7 Å². The second-order valence-corrected chi connectivity index (χ2v) is 5.94. The van der Waals surface area contributed by atoms with Crippen molar-refractivity contribution in [1.29, 1.82) is 0 Å². The Labute approximate surface area is 148 Å². The zero-order chi connectivity index (χ0) is 17.6. The normalized spacial score (nSPS) is 10.5. The first-order valence-electron chi connectivity index (χ1n) is 7.56. The summed E-state index contributed by atoms with van der Waals surface area (Å²) in [6.07, 6.45) is 0.592. The van der Waals surface area contributed by atoms with Gasteiger partial charge in [-0.15, -0.1) is 10.2 Å². The van der Waals surface area contributed by atoms with E-state index in [9.17, 15) is 4.79 Å². The van der Waals surface area contributed by atoms with Crippen LogP contribution >= 0.6 is 11.3 Å². The number of ether oxygens (including phenoxy) is 2. The number of hydrogen-bond donors (Lipinski definition) is 1. The van der Waals surface area contributed by atoms with E-state index in [1.54, 1.807) is 43.8 Å². The Hall–Kier alpha value is -2.87. The summed E-state index contributed by atoms with van der Waals surface area (Å²) >= 11 is 1.56. The summed E-state index contributed by atoms with van der Waals surface area (Å²) in [5, 5.41) is 14.6. The minimum atomic E-state index is -0.161. The molecule has 2 aromatic heterocycles. The SMILES string of the molecule is COc1cc(NC(=O)CCc2nnc(-c3ccsc3)o2)cc(OC)c1. The maximum Gasteiger partial charge on any atom is 0.248 e. The van der Waals surface area contributed by atoms with Crippen molar-refractivity contribution in [3.8, 4) is 23.0 Å². The van der Waals surface area contributed by atoms with Crippen molar-refractivity contribution >= 4 is 22.9 Å². The predicted octanol–water partition coefficient (Wildman–Crippen LogP) is 3.39. The van der Waals surface area contributed by atoms with Gasteiger partial charge in [0.1, 0.15) is 11.5 Å². The third-order valence-electron chi connectivity index (χ3n) is 3.44. The van der Waals surface area contributed by atoms with Gasteiger partial charge in [0.25, 0.3) is 0 Å². The van der Waals surface area contributed by atoms with Crippen molar-refractivity contribution in [3.05, 3.63) is 40.9 Å². The Morgan fingerprint density at radius 1 is 1.20 bits per heavy atom. The van der Waals surface area contributed by atoms with E-state index < -0.39 is 0 Å². The van der Waals surface area contributed by atoms with Crippen LogP contribution in [0.5, 0.6) is 11.5 Å². The maximum absolute atomic E-state index is 12.1. The highest BCUT2D eigenvalue weighted by Crippen LogP contribution is 2.26. The van der Waals surface area contributed by atoms with Gasteiger partial charge in [-0.05, 0) is 11.4 Å². The molecule has 0 saturated carbocycles. The van der Waals surface area contributed by atoms with E-state index in [2.05, 4.69) is 15.5 Å². The molecular formula is C17H17N3O4S. The molecule has 3 aromatic rings. The standard InChI is InChI=1S/C17H17N3O4S/c1-22-13-7-12(8-14(9-13)23-2)18-15(21)3-4-16-19-20-17(24-16)11-5-6-25-10-11/h5-10H,3-4H2,1-2H3,(H,18,21). The number of aryl methyl sites for hydroxylation is 1. The van der Waals surface area contributed by atoms with Crippen molar-refractivity contribution < 1.29 is 18.7 Å². The number of benzene rings is 1. The second kappa shape index (κ2) is 7.80. The third kappa shape index (κ3) is 4.36. The zero-order valence-corrected chi connectivity index (χ0v) is 14.6. The molecule has 0 radical (unpaired) electrons. The minimum absolute atomic E-state index is 0.161. The van der Waals surface area contributed by atoms with Crippen LogP contribution in [0.1, 0.15) is 12.3 Å². The van der Waals surface area contributed by atoms with Crippen LogP contribution in [0, 0.1) is 0 Å². The summed E-state index contributed by atoms with van der Waals surface area (Å²) in [7, 11) is 3.11. The lowest BCUT2D eigenvalue weighted by atomic mass is 10.2. The smallest absolute Gasteiger partial charge is 0.248 e. The topological polar surface area (TPSA) is 86.5 Å². The number of anilines is 1. The maximum atomic E-state index is 12.1. The molecule has 0 aliphatic carbocycles. The molecule has 0 bridgehead atoms. The van der Waals surface area contributed by atoms with Gasteiger partial charge in [0.05, 0.1) is 14.2 Å². The molecule has 0 fully saturated rings. The summed E-state index contributed by atoms with van der Waals surface area (Å²) in [4.78, 5) is 12.1. The first kappa shape index (κ1) is 17.0. The van der Waals surface area contributed by atoms with Crippen LogP contribution in [-0.4, -0.2) is 30.3 Å². The largest absolute Gasteiger partial charge is 0.497 e. The van der Waals surface area contributed by atoms with Gasteiger partial charge in [-0.2, -0.15) is 11.3 Å². The summed E-state index contributed by atoms with van der Waals surface area (Å²) in [6, 6.07) is 7.09. The highest BCUT2D eigenvalue weighted by atomic mass is 32.1. The van der Waals surface area contributed by atoms with E-state index in [0.29, 0.717) is 35.4 Å². The monoisotopic (exact) mass is 359 g/mol. The van der Waals surface area contributed by atoms with Crippen molar-refractivity contribution in [2.24, 2.45) is 0 Å². The third-order valence-corrected chi connectivity index (χ3v) is 4.12. The molecule has 7 nitrogen and oxygen atoms in total. The molecule has 2 heterocycles. The number of nitrogens with one attached hydrogen (secondary N) is 1. The summed E-state index contributed by atoms with van der Waals surface area (Å²) in [5.74, 6) is 1.94. The van der Waals surface area contributed by atoms with Crippen LogP contribution in [0.2, 0.25) is 0 Å². The number of rotatable bonds is 7. The lowest BCUT2D eigenvalue weighted by molar-refractivity contribution is -0.116. The zero-order valence-electron chi connectivity index (χ0n) is 13.8. The molecule has 0 saturated heterocycles. The molecule has 0 unspecified atom stereocenters. The highest BCUT2D eigenvalue weighted by molar-refractivity contribution is 7.08.